The molecule has 3 aromatic rings. The summed E-state index contributed by atoms with van der Waals surface area (Å²) < 4.78 is 72.5. The lowest BCUT2D eigenvalue weighted by Crippen LogP contribution is -2.22. The molecule has 1 heterocycles. The van der Waals surface area contributed by atoms with E-state index >= 15 is 0 Å². The fraction of sp³-hybridized carbons (Fsp3) is 0.483. The molecule has 0 fully saturated rings. The van der Waals surface area contributed by atoms with E-state index in [-0.39, 0.29) is 18.0 Å². The molecule has 0 amide bonds. The Kier molecular flexibility index (Phi) is 12.7. The predicted molar refractivity (Wildman–Crippen MR) is 141 cm³/mol. The van der Waals surface area contributed by atoms with Gasteiger partial charge in [-0.15, -0.1) is 0 Å². The quantitative estimate of drug-likeness (QED) is 0.216. The molecule has 0 aliphatic rings. The molecule has 0 saturated carbocycles. The van der Waals surface area contributed by atoms with E-state index in [1.54, 1.807) is 59.0 Å². The van der Waals surface area contributed by atoms with Crippen molar-refractivity contribution in [3.63, 3.8) is 0 Å². The summed E-state index contributed by atoms with van der Waals surface area (Å²) in [5.41, 5.74) is 0.609. The maximum atomic E-state index is 13.9. The standard InChI is InChI=1S/C24H26F5N3O.C5H12/c1-3-4-14-32-20(16-31(2)15-17-10-12-19(13-11-17)33-23(25)26)21(24(27,28)29)30-22(32)18-8-6-5-7-9-18;1-3-5-4-2/h5-13,23H,3-4,14-16H2,1-2H3;3-5H2,1-2H3. The van der Waals surface area contributed by atoms with Gasteiger partial charge in [0.05, 0.1) is 5.69 Å². The van der Waals surface area contributed by atoms with Crippen molar-refractivity contribution in [1.82, 2.24) is 14.5 Å². The number of imidazole rings is 1. The van der Waals surface area contributed by atoms with Crippen LogP contribution in [0.15, 0.2) is 54.6 Å². The number of hydrogen-bond donors (Lipinski definition) is 0. The largest absolute Gasteiger partial charge is 0.435 e. The van der Waals surface area contributed by atoms with Gasteiger partial charge in [-0.2, -0.15) is 22.0 Å². The minimum Gasteiger partial charge on any atom is -0.435 e. The van der Waals surface area contributed by atoms with E-state index in [4.69, 9.17) is 0 Å². The Hall–Kier alpha value is -2.94. The normalized spacial score (nSPS) is 11.6. The number of hydrogen-bond acceptors (Lipinski definition) is 3. The topological polar surface area (TPSA) is 30.3 Å². The van der Waals surface area contributed by atoms with Crippen molar-refractivity contribution in [2.75, 3.05) is 7.05 Å². The van der Waals surface area contributed by atoms with Gasteiger partial charge in [0.25, 0.3) is 0 Å². The number of aromatic nitrogens is 2. The first-order valence-corrected chi connectivity index (χ1v) is 13.0. The molecule has 0 unspecified atom stereocenters. The third kappa shape index (κ3) is 9.74. The lowest BCUT2D eigenvalue weighted by atomic mass is 10.2. The van der Waals surface area contributed by atoms with E-state index in [0.717, 1.165) is 18.4 Å². The van der Waals surface area contributed by atoms with Gasteiger partial charge in [0.1, 0.15) is 11.6 Å². The molecule has 1 aromatic heterocycles. The van der Waals surface area contributed by atoms with Crippen LogP contribution in [0.2, 0.25) is 0 Å². The number of halogens is 5. The van der Waals surface area contributed by atoms with Crippen LogP contribution in [0.5, 0.6) is 5.75 Å². The van der Waals surface area contributed by atoms with Gasteiger partial charge in [0.2, 0.25) is 0 Å². The summed E-state index contributed by atoms with van der Waals surface area (Å²) in [6.45, 7) is 4.26. The average Bonchev–Trinajstić information content (AvgIpc) is 3.23. The van der Waals surface area contributed by atoms with Crippen molar-refractivity contribution >= 4 is 0 Å². The Bertz CT molecular complexity index is 1060. The number of ether oxygens (including phenoxy) is 1. The summed E-state index contributed by atoms with van der Waals surface area (Å²) >= 11 is 0. The second-order valence-corrected chi connectivity index (χ2v) is 9.15. The van der Waals surface area contributed by atoms with Crippen molar-refractivity contribution in [3.8, 4) is 17.1 Å². The maximum absolute atomic E-state index is 13.9. The Morgan fingerprint density at radius 3 is 1.97 bits per heavy atom. The highest BCUT2D eigenvalue weighted by molar-refractivity contribution is 5.57. The molecule has 0 N–H and O–H groups in total. The monoisotopic (exact) mass is 539 g/mol. The third-order valence-corrected chi connectivity index (χ3v) is 5.84. The Morgan fingerprint density at radius 2 is 1.47 bits per heavy atom. The fourth-order valence-electron chi connectivity index (χ4n) is 3.99. The van der Waals surface area contributed by atoms with Crippen LogP contribution in [0, 0.1) is 0 Å². The van der Waals surface area contributed by atoms with E-state index in [0.29, 0.717) is 24.5 Å². The van der Waals surface area contributed by atoms with E-state index in [2.05, 4.69) is 23.6 Å². The predicted octanol–water partition coefficient (Wildman–Crippen LogP) is 8.80. The Morgan fingerprint density at radius 1 is 0.868 bits per heavy atom. The first kappa shape index (κ1) is 31.3. The zero-order chi connectivity index (χ0) is 28.1. The summed E-state index contributed by atoms with van der Waals surface area (Å²) in [7, 11) is 1.71. The van der Waals surface area contributed by atoms with E-state index in [1.165, 1.54) is 31.4 Å². The van der Waals surface area contributed by atoms with Gasteiger partial charge in [-0.3, -0.25) is 4.90 Å². The van der Waals surface area contributed by atoms with Crippen LogP contribution in [0.25, 0.3) is 11.4 Å². The van der Waals surface area contributed by atoms with Crippen LogP contribution in [0.1, 0.15) is 69.8 Å². The molecule has 9 heteroatoms. The van der Waals surface area contributed by atoms with Crippen LogP contribution in [-0.4, -0.2) is 28.1 Å². The minimum absolute atomic E-state index is 0.0215. The lowest BCUT2D eigenvalue weighted by Gasteiger charge is -2.20. The SMILES string of the molecule is CCCCC.CCCCn1c(-c2ccccc2)nc(C(F)(F)F)c1CN(C)Cc1ccc(OC(F)F)cc1. The molecular weight excluding hydrogens is 501 g/mol. The fourth-order valence-corrected chi connectivity index (χ4v) is 3.99. The van der Waals surface area contributed by atoms with Gasteiger partial charge in [-0.1, -0.05) is 88.9 Å². The molecule has 38 heavy (non-hydrogen) atoms. The second-order valence-electron chi connectivity index (χ2n) is 9.15. The summed E-state index contributed by atoms with van der Waals surface area (Å²) in [6, 6.07) is 14.9. The first-order valence-electron chi connectivity index (χ1n) is 13.0. The zero-order valence-electron chi connectivity index (χ0n) is 22.6. The maximum Gasteiger partial charge on any atom is 0.435 e. The molecule has 210 valence electrons. The van der Waals surface area contributed by atoms with Crippen LogP contribution in [0.4, 0.5) is 22.0 Å². The summed E-state index contributed by atoms with van der Waals surface area (Å²) in [5.74, 6) is 0.328. The Balaban J connectivity index is 0.000000926. The van der Waals surface area contributed by atoms with E-state index in [1.807, 2.05) is 6.92 Å². The minimum atomic E-state index is -4.59. The number of nitrogens with zero attached hydrogens (tertiary/aromatic N) is 3. The summed E-state index contributed by atoms with van der Waals surface area (Å²) in [6.07, 6.45) is 1.03. The van der Waals surface area contributed by atoms with Crippen LogP contribution in [0.3, 0.4) is 0 Å². The molecule has 3 rings (SSSR count). The zero-order valence-corrected chi connectivity index (χ0v) is 22.6. The van der Waals surface area contributed by atoms with Crippen LogP contribution in [-0.2, 0) is 25.8 Å². The number of unbranched alkanes of at least 4 members (excludes halogenated alkanes) is 3. The molecule has 0 atom stereocenters. The van der Waals surface area contributed by atoms with Gasteiger partial charge in [-0.25, -0.2) is 4.98 Å². The van der Waals surface area contributed by atoms with Crippen LogP contribution < -0.4 is 4.74 Å². The van der Waals surface area contributed by atoms with Crippen molar-refractivity contribution in [2.45, 2.75) is 85.3 Å². The molecule has 4 nitrogen and oxygen atoms in total. The number of alkyl halides is 5. The highest BCUT2D eigenvalue weighted by atomic mass is 19.4. The van der Waals surface area contributed by atoms with Crippen molar-refractivity contribution in [3.05, 3.63) is 71.5 Å². The van der Waals surface area contributed by atoms with Crippen molar-refractivity contribution in [2.24, 2.45) is 0 Å². The smallest absolute Gasteiger partial charge is 0.435 e. The molecule has 0 saturated heterocycles. The van der Waals surface area contributed by atoms with Crippen LogP contribution >= 0.6 is 0 Å². The molecule has 0 aliphatic heterocycles. The highest BCUT2D eigenvalue weighted by Gasteiger charge is 2.39. The van der Waals surface area contributed by atoms with Crippen molar-refractivity contribution < 1.29 is 26.7 Å². The number of benzene rings is 2. The van der Waals surface area contributed by atoms with Crippen molar-refractivity contribution in [1.29, 1.82) is 0 Å². The van der Waals surface area contributed by atoms with E-state index < -0.39 is 18.5 Å². The summed E-state index contributed by atoms with van der Waals surface area (Å²) in [4.78, 5) is 5.77. The second kappa shape index (κ2) is 15.5. The van der Waals surface area contributed by atoms with Gasteiger partial charge >= 0.3 is 12.8 Å². The Labute approximate surface area is 222 Å². The van der Waals surface area contributed by atoms with Gasteiger partial charge in [0.15, 0.2) is 5.69 Å². The molecule has 0 spiro atoms. The highest BCUT2D eigenvalue weighted by Crippen LogP contribution is 2.35. The van der Waals surface area contributed by atoms with Gasteiger partial charge < -0.3 is 9.30 Å². The average molecular weight is 540 g/mol. The number of rotatable bonds is 12. The van der Waals surface area contributed by atoms with Gasteiger partial charge in [-0.05, 0) is 31.2 Å². The third-order valence-electron chi connectivity index (χ3n) is 5.84. The van der Waals surface area contributed by atoms with Gasteiger partial charge in [0, 0.05) is 25.2 Å². The molecule has 0 bridgehead atoms. The first-order chi connectivity index (χ1) is 18.1. The summed E-state index contributed by atoms with van der Waals surface area (Å²) in [5, 5.41) is 0. The lowest BCUT2D eigenvalue weighted by molar-refractivity contribution is -0.141. The molecule has 0 aliphatic carbocycles. The molecule has 0 radical (unpaired) electrons. The molecular formula is C29H38F5N3O. The van der Waals surface area contributed by atoms with E-state index in [9.17, 15) is 22.0 Å². The molecule has 2 aromatic carbocycles.